The molecule has 1 aliphatic rings. The second kappa shape index (κ2) is 12.6. The van der Waals surface area contributed by atoms with Crippen LogP contribution in [0.2, 0.25) is 0 Å². The highest BCUT2D eigenvalue weighted by atomic mass is 19.1. The fraction of sp³-hybridized carbons (Fsp3) is 0.400. The molecule has 220 valence electrons. The Hall–Kier alpha value is -4.45. The van der Waals surface area contributed by atoms with E-state index < -0.39 is 10.5 Å². The number of aromatic nitrogens is 3. The molecule has 1 fully saturated rings. The molecule has 0 bridgehead atoms. The van der Waals surface area contributed by atoms with E-state index in [0.29, 0.717) is 56.3 Å². The number of anilines is 1. The van der Waals surface area contributed by atoms with E-state index in [4.69, 9.17) is 9.72 Å². The van der Waals surface area contributed by atoms with Crippen molar-refractivity contribution in [3.63, 3.8) is 0 Å². The summed E-state index contributed by atoms with van der Waals surface area (Å²) in [5.41, 5.74) is 3.57. The van der Waals surface area contributed by atoms with Crippen LogP contribution in [0.4, 0.5) is 15.8 Å². The van der Waals surface area contributed by atoms with Gasteiger partial charge in [0.15, 0.2) is 5.52 Å². The van der Waals surface area contributed by atoms with Crippen molar-refractivity contribution in [2.75, 3.05) is 25.1 Å². The number of nitro groups is 1. The van der Waals surface area contributed by atoms with Crippen LogP contribution in [0, 0.1) is 15.9 Å². The number of amides is 1. The fourth-order valence-corrected chi connectivity index (χ4v) is 4.81. The number of non-ortho nitro benzene ring substituents is 1. The van der Waals surface area contributed by atoms with Crippen molar-refractivity contribution in [2.45, 2.75) is 57.4 Å². The summed E-state index contributed by atoms with van der Waals surface area (Å²) < 4.78 is 23.9. The Kier molecular flexibility index (Phi) is 8.72. The Morgan fingerprint density at radius 3 is 2.60 bits per heavy atom. The number of benzene rings is 2. The van der Waals surface area contributed by atoms with Crippen LogP contribution < -0.4 is 10.6 Å². The van der Waals surface area contributed by atoms with Crippen LogP contribution in [0.1, 0.15) is 72.8 Å². The maximum Gasteiger partial charge on any atom is 0.300 e. The second-order valence-corrected chi connectivity index (χ2v) is 10.8. The molecule has 1 aliphatic carbocycles. The van der Waals surface area contributed by atoms with E-state index in [-0.39, 0.29) is 28.4 Å². The molecule has 0 aliphatic heterocycles. The number of nitrogens with zero attached hydrogens (tertiary/aromatic N) is 4. The summed E-state index contributed by atoms with van der Waals surface area (Å²) in [5, 5.41) is 24.8. The van der Waals surface area contributed by atoms with Crippen LogP contribution in [0.25, 0.3) is 11.0 Å². The molecule has 2 heterocycles. The van der Waals surface area contributed by atoms with Gasteiger partial charge in [0.2, 0.25) is 5.52 Å². The normalized spacial score (nSPS) is 14.5. The monoisotopic (exact) mass is 576 g/mol. The van der Waals surface area contributed by atoms with Gasteiger partial charge in [0, 0.05) is 36.9 Å². The van der Waals surface area contributed by atoms with Gasteiger partial charge in [0.25, 0.3) is 5.91 Å². The van der Waals surface area contributed by atoms with E-state index in [1.54, 1.807) is 24.3 Å². The molecule has 12 heteroatoms. The van der Waals surface area contributed by atoms with Crippen molar-refractivity contribution in [3.8, 4) is 0 Å². The largest absolute Gasteiger partial charge is 0.381 e. The maximum atomic E-state index is 13.4. The number of pyridine rings is 1. The van der Waals surface area contributed by atoms with Crippen molar-refractivity contribution < 1.29 is 23.5 Å². The maximum absolute atomic E-state index is 13.4. The second-order valence-electron chi connectivity index (χ2n) is 10.8. The fourth-order valence-electron chi connectivity index (χ4n) is 4.81. The van der Waals surface area contributed by atoms with Gasteiger partial charge in [-0.3, -0.25) is 14.9 Å². The van der Waals surface area contributed by atoms with E-state index in [1.165, 1.54) is 18.2 Å². The van der Waals surface area contributed by atoms with Gasteiger partial charge in [-0.15, -0.1) is 0 Å². The average molecular weight is 577 g/mol. The van der Waals surface area contributed by atoms with E-state index in [9.17, 15) is 19.3 Å². The zero-order chi connectivity index (χ0) is 29.7. The first-order valence-corrected chi connectivity index (χ1v) is 14.0. The van der Waals surface area contributed by atoms with Gasteiger partial charge < -0.3 is 15.4 Å². The van der Waals surface area contributed by atoms with Gasteiger partial charge in [-0.1, -0.05) is 25.1 Å². The molecule has 1 saturated carbocycles. The summed E-state index contributed by atoms with van der Waals surface area (Å²) in [6.07, 6.45) is 4.06. The minimum absolute atomic E-state index is 0.0830. The van der Waals surface area contributed by atoms with E-state index in [2.05, 4.69) is 25.6 Å². The average Bonchev–Trinajstić information content (AvgIpc) is 3.70. The molecular weight excluding hydrogens is 543 g/mol. The zero-order valence-electron chi connectivity index (χ0n) is 23.6. The van der Waals surface area contributed by atoms with Gasteiger partial charge in [-0.2, -0.15) is 0 Å². The van der Waals surface area contributed by atoms with Gasteiger partial charge in [-0.05, 0) is 84.2 Å². The predicted molar refractivity (Wildman–Crippen MR) is 154 cm³/mol. The van der Waals surface area contributed by atoms with Crippen molar-refractivity contribution in [1.82, 2.24) is 20.6 Å². The zero-order valence-corrected chi connectivity index (χ0v) is 23.6. The molecule has 2 aromatic carbocycles. The van der Waals surface area contributed by atoms with Gasteiger partial charge in [-0.25, -0.2) is 14.0 Å². The van der Waals surface area contributed by atoms with Crippen molar-refractivity contribution >= 4 is 28.3 Å². The summed E-state index contributed by atoms with van der Waals surface area (Å²) in [7, 11) is 0. The number of ether oxygens (including phenoxy) is 1. The summed E-state index contributed by atoms with van der Waals surface area (Å²) in [5.74, 6) is -0.0554. The lowest BCUT2D eigenvalue weighted by Crippen LogP contribution is -2.46. The summed E-state index contributed by atoms with van der Waals surface area (Å²) >= 11 is 0. The molecule has 11 nitrogen and oxygen atoms in total. The topological polar surface area (TPSA) is 145 Å². The highest BCUT2D eigenvalue weighted by molar-refractivity contribution is 5.93. The highest BCUT2D eigenvalue weighted by Crippen LogP contribution is 2.41. The Labute approximate surface area is 242 Å². The third-order valence-electron chi connectivity index (χ3n) is 7.69. The van der Waals surface area contributed by atoms with Crippen molar-refractivity contribution in [2.24, 2.45) is 0 Å². The number of carbonyl (C=O) groups excluding carboxylic acids is 1. The molecule has 1 unspecified atom stereocenters. The Bertz CT molecular complexity index is 1570. The number of carbonyl (C=O) groups is 1. The van der Waals surface area contributed by atoms with Crippen molar-refractivity contribution in [3.05, 3.63) is 87.0 Å². The Morgan fingerprint density at radius 2 is 1.88 bits per heavy atom. The van der Waals surface area contributed by atoms with Crippen LogP contribution in [-0.2, 0) is 11.2 Å². The minimum atomic E-state index is -0.533. The summed E-state index contributed by atoms with van der Waals surface area (Å²) in [6.45, 7) is 5.21. The predicted octanol–water partition coefficient (Wildman–Crippen LogP) is 5.55. The molecule has 1 amide bonds. The smallest absolute Gasteiger partial charge is 0.300 e. The standard InChI is InChI=1S/C30H33FN6O5/c1-3-30(2,14-16-41-17-15-32-23-12-13-26(37(39)40)28-27(23)35-42-36-28)34-29(38)24-11-10-22(20-6-7-20)25(33-24)18-19-4-8-21(31)9-5-19/h4-5,8-13,20,32H,3,6-7,14-18H2,1-2H3,(H,34,38). The summed E-state index contributed by atoms with van der Waals surface area (Å²) in [6, 6.07) is 13.1. The molecule has 0 spiro atoms. The molecule has 1 atom stereocenters. The van der Waals surface area contributed by atoms with Crippen molar-refractivity contribution in [1.29, 1.82) is 0 Å². The first-order chi connectivity index (χ1) is 20.3. The minimum Gasteiger partial charge on any atom is -0.381 e. The first kappa shape index (κ1) is 29.1. The number of hydrogen-bond acceptors (Lipinski definition) is 9. The van der Waals surface area contributed by atoms with Gasteiger partial charge in [0.1, 0.15) is 11.5 Å². The van der Waals surface area contributed by atoms with Crippen LogP contribution in [0.15, 0.2) is 53.2 Å². The number of hydrogen-bond donors (Lipinski definition) is 2. The summed E-state index contributed by atoms with van der Waals surface area (Å²) in [4.78, 5) is 28.7. The number of fused-ring (bicyclic) bond motifs is 1. The molecule has 0 radical (unpaired) electrons. The van der Waals surface area contributed by atoms with Gasteiger partial charge >= 0.3 is 5.69 Å². The van der Waals surface area contributed by atoms with Crippen LogP contribution >= 0.6 is 0 Å². The Balaban J connectivity index is 1.14. The number of nitro benzene ring substituents is 1. The van der Waals surface area contributed by atoms with Crippen LogP contribution in [0.3, 0.4) is 0 Å². The quantitative estimate of drug-likeness (QED) is 0.112. The lowest BCUT2D eigenvalue weighted by atomic mass is 9.94. The van der Waals surface area contributed by atoms with E-state index >= 15 is 0 Å². The molecule has 4 aromatic rings. The molecule has 2 aromatic heterocycles. The van der Waals surface area contributed by atoms with Crippen LogP contribution in [-0.4, -0.2) is 51.4 Å². The van der Waals surface area contributed by atoms with Gasteiger partial charge in [0.05, 0.1) is 17.2 Å². The molecule has 42 heavy (non-hydrogen) atoms. The molecule has 5 rings (SSSR count). The Morgan fingerprint density at radius 1 is 1.12 bits per heavy atom. The first-order valence-electron chi connectivity index (χ1n) is 14.0. The lowest BCUT2D eigenvalue weighted by molar-refractivity contribution is -0.383. The third-order valence-corrected chi connectivity index (χ3v) is 7.69. The number of rotatable bonds is 14. The van der Waals surface area contributed by atoms with E-state index in [1.807, 2.05) is 19.9 Å². The van der Waals surface area contributed by atoms with Crippen LogP contribution in [0.5, 0.6) is 0 Å². The highest BCUT2D eigenvalue weighted by Gasteiger charge is 2.29. The number of nitrogens with one attached hydrogen (secondary N) is 2. The molecule has 0 saturated heterocycles. The SMILES string of the molecule is CCC(C)(CCOCCNc1ccc([N+](=O)[O-])c2nonc12)NC(=O)c1ccc(C2CC2)c(Cc2ccc(F)cc2)n1. The number of halogens is 1. The molecular formula is C30H33FN6O5. The molecule has 2 N–H and O–H groups in total. The third kappa shape index (κ3) is 6.88. The van der Waals surface area contributed by atoms with E-state index in [0.717, 1.165) is 29.7 Å². The lowest BCUT2D eigenvalue weighted by Gasteiger charge is -2.29.